The van der Waals surface area contributed by atoms with Crippen molar-refractivity contribution < 1.29 is 14.4 Å². The lowest BCUT2D eigenvalue weighted by Crippen LogP contribution is -2.43. The lowest BCUT2D eigenvalue weighted by Gasteiger charge is -2.34. The van der Waals surface area contributed by atoms with E-state index in [2.05, 4.69) is 0 Å². The van der Waals surface area contributed by atoms with Crippen molar-refractivity contribution in [2.24, 2.45) is 0 Å². The van der Waals surface area contributed by atoms with Crippen LogP contribution in [0.4, 0.5) is 0 Å². The van der Waals surface area contributed by atoms with Crippen molar-refractivity contribution in [3.8, 4) is 5.75 Å². The van der Waals surface area contributed by atoms with E-state index in [1.54, 1.807) is 7.11 Å². The molecule has 118 valence electrons. The Balaban J connectivity index is 2.37. The van der Waals surface area contributed by atoms with Gasteiger partial charge < -0.3 is 14.4 Å². The molecule has 0 bridgehead atoms. The summed E-state index contributed by atoms with van der Waals surface area (Å²) in [6.45, 7) is 8.35. The second-order valence-corrected chi connectivity index (χ2v) is 8.73. The molecule has 1 N–H and O–H groups in total. The first-order valence-electron chi connectivity index (χ1n) is 7.26. The summed E-state index contributed by atoms with van der Waals surface area (Å²) in [5, 5.41) is 10.1. The summed E-state index contributed by atoms with van der Waals surface area (Å²) in [6, 6.07) is 5.88. The summed E-state index contributed by atoms with van der Waals surface area (Å²) in [5.74, 6) is 0.829. The molecule has 3 atom stereocenters. The molecule has 0 aliphatic carbocycles. The molecule has 1 saturated heterocycles. The predicted molar refractivity (Wildman–Crippen MR) is 85.7 cm³/mol. The highest BCUT2D eigenvalue weighted by Gasteiger charge is 2.44. The van der Waals surface area contributed by atoms with Crippen LogP contribution in [0.2, 0.25) is 0 Å². The van der Waals surface area contributed by atoms with Crippen molar-refractivity contribution in [1.82, 2.24) is 4.31 Å². The highest BCUT2D eigenvalue weighted by Crippen LogP contribution is 2.40. The average molecular weight is 311 g/mol. The fourth-order valence-electron chi connectivity index (χ4n) is 2.82. The molecule has 0 spiro atoms. The minimum atomic E-state index is -1.15. The molecule has 2 rings (SSSR count). The van der Waals surface area contributed by atoms with E-state index in [1.165, 1.54) is 0 Å². The highest BCUT2D eigenvalue weighted by molar-refractivity contribution is 7.90. The van der Waals surface area contributed by atoms with Crippen LogP contribution in [0.15, 0.2) is 18.2 Å². The first-order valence-corrected chi connectivity index (χ1v) is 8.36. The smallest absolute Gasteiger partial charge is 0.137 e. The van der Waals surface area contributed by atoms with E-state index in [0.717, 1.165) is 16.9 Å². The molecule has 1 unspecified atom stereocenters. The van der Waals surface area contributed by atoms with E-state index < -0.39 is 17.5 Å². The molecule has 0 saturated carbocycles. The number of methoxy groups -OCH3 is 1. The van der Waals surface area contributed by atoms with Crippen molar-refractivity contribution in [3.63, 3.8) is 0 Å². The Morgan fingerprint density at radius 1 is 1.38 bits per heavy atom. The Labute approximate surface area is 130 Å². The van der Waals surface area contributed by atoms with Gasteiger partial charge in [0.25, 0.3) is 0 Å². The molecule has 21 heavy (non-hydrogen) atoms. The SMILES string of the molecule is COc1cccc([C@@H]2C[C@@H](O)CN2[S+]([O-])C(C)(C)C)c1C. The zero-order valence-corrected chi connectivity index (χ0v) is 14.2. The molecular weight excluding hydrogens is 286 g/mol. The summed E-state index contributed by atoms with van der Waals surface area (Å²) in [7, 11) is 1.65. The highest BCUT2D eigenvalue weighted by atomic mass is 32.2. The molecule has 0 aromatic heterocycles. The Bertz CT molecular complexity index is 501. The van der Waals surface area contributed by atoms with Crippen LogP contribution in [0, 0.1) is 6.92 Å². The fourth-order valence-corrected chi connectivity index (χ4v) is 4.26. The van der Waals surface area contributed by atoms with Gasteiger partial charge in [-0.1, -0.05) is 12.1 Å². The number of β-amino-alcohol motifs (C(OH)–C–C–N with tert-alkyl or cyclic N) is 1. The van der Waals surface area contributed by atoms with Crippen molar-refractivity contribution in [1.29, 1.82) is 0 Å². The Morgan fingerprint density at radius 3 is 2.62 bits per heavy atom. The molecule has 0 amide bonds. The van der Waals surface area contributed by atoms with Gasteiger partial charge in [-0.3, -0.25) is 0 Å². The molecular formula is C16H25NO3S. The largest absolute Gasteiger partial charge is 0.597 e. The lowest BCUT2D eigenvalue weighted by molar-refractivity contribution is 0.188. The minimum Gasteiger partial charge on any atom is -0.597 e. The summed E-state index contributed by atoms with van der Waals surface area (Å²) in [4.78, 5) is 0. The van der Waals surface area contributed by atoms with E-state index in [1.807, 2.05) is 50.2 Å². The molecule has 4 nitrogen and oxygen atoms in total. The molecule has 5 heteroatoms. The van der Waals surface area contributed by atoms with Gasteiger partial charge in [-0.2, -0.15) is 0 Å². The quantitative estimate of drug-likeness (QED) is 0.872. The van der Waals surface area contributed by atoms with Gasteiger partial charge in [0.05, 0.1) is 25.8 Å². The van der Waals surface area contributed by atoms with E-state index in [-0.39, 0.29) is 10.8 Å². The van der Waals surface area contributed by atoms with Gasteiger partial charge in [-0.05, 0) is 51.3 Å². The van der Waals surface area contributed by atoms with Crippen LogP contribution >= 0.6 is 0 Å². The minimum absolute atomic E-state index is 0.0323. The van der Waals surface area contributed by atoms with Gasteiger partial charge in [0, 0.05) is 11.4 Å². The van der Waals surface area contributed by atoms with Crippen molar-refractivity contribution >= 4 is 11.4 Å². The first-order chi connectivity index (χ1) is 9.75. The predicted octanol–water partition coefficient (Wildman–Crippen LogP) is 2.57. The molecule has 1 aromatic rings. The summed E-state index contributed by atoms with van der Waals surface area (Å²) in [6.07, 6.45) is 0.169. The zero-order chi connectivity index (χ0) is 15.8. The van der Waals surface area contributed by atoms with Crippen LogP contribution in [0.5, 0.6) is 5.75 Å². The summed E-state index contributed by atoms with van der Waals surface area (Å²) >= 11 is -1.15. The Hall–Kier alpha value is -0.750. The second-order valence-electron chi connectivity index (χ2n) is 6.54. The molecule has 1 fully saturated rings. The number of ether oxygens (including phenoxy) is 1. The zero-order valence-electron chi connectivity index (χ0n) is 13.4. The molecule has 0 radical (unpaired) electrons. The number of aliphatic hydroxyl groups is 1. The molecule has 1 heterocycles. The standard InChI is InChI=1S/C16H25NO3S/c1-11-13(7-6-8-15(11)20-5)14-9-12(18)10-17(14)21(19)16(2,3)4/h6-8,12,14,18H,9-10H2,1-5H3/t12-,14+,21?/m1/s1. The van der Waals surface area contributed by atoms with Crippen molar-refractivity contribution in [2.75, 3.05) is 13.7 Å². The number of benzene rings is 1. The van der Waals surface area contributed by atoms with Crippen LogP contribution < -0.4 is 4.74 Å². The number of aliphatic hydroxyl groups excluding tert-OH is 1. The lowest BCUT2D eigenvalue weighted by atomic mass is 9.99. The second kappa shape index (κ2) is 6.16. The number of hydrogen-bond acceptors (Lipinski definition) is 4. The van der Waals surface area contributed by atoms with Gasteiger partial charge in [-0.15, -0.1) is 4.31 Å². The third kappa shape index (κ3) is 3.37. The van der Waals surface area contributed by atoms with Crippen LogP contribution in [-0.2, 0) is 11.4 Å². The van der Waals surface area contributed by atoms with Crippen LogP contribution in [0.25, 0.3) is 0 Å². The molecule has 1 aliphatic heterocycles. The number of rotatable bonds is 3. The van der Waals surface area contributed by atoms with Crippen molar-refractivity contribution in [2.45, 2.75) is 51.0 Å². The summed E-state index contributed by atoms with van der Waals surface area (Å²) in [5.41, 5.74) is 2.14. The first kappa shape index (κ1) is 16.6. The van der Waals surface area contributed by atoms with Gasteiger partial charge in [0.1, 0.15) is 10.5 Å². The van der Waals surface area contributed by atoms with Gasteiger partial charge >= 0.3 is 0 Å². The van der Waals surface area contributed by atoms with Crippen molar-refractivity contribution in [3.05, 3.63) is 29.3 Å². The Morgan fingerprint density at radius 2 is 2.05 bits per heavy atom. The van der Waals surface area contributed by atoms with E-state index >= 15 is 0 Å². The van der Waals surface area contributed by atoms with Crippen LogP contribution in [0.3, 0.4) is 0 Å². The molecule has 1 aliphatic rings. The maximum absolute atomic E-state index is 12.8. The maximum atomic E-state index is 12.8. The van der Waals surface area contributed by atoms with E-state index in [9.17, 15) is 9.66 Å². The van der Waals surface area contributed by atoms with E-state index in [4.69, 9.17) is 4.74 Å². The third-order valence-corrected chi connectivity index (χ3v) is 5.75. The maximum Gasteiger partial charge on any atom is 0.137 e. The average Bonchev–Trinajstić information content (AvgIpc) is 2.78. The Kier molecular flexibility index (Phi) is 4.88. The fraction of sp³-hybridized carbons (Fsp3) is 0.625. The summed E-state index contributed by atoms with van der Waals surface area (Å²) < 4.78 is 19.7. The van der Waals surface area contributed by atoms with E-state index in [0.29, 0.717) is 13.0 Å². The number of nitrogens with zero attached hydrogens (tertiary/aromatic N) is 1. The van der Waals surface area contributed by atoms with Gasteiger partial charge in [0.2, 0.25) is 0 Å². The number of hydrogen-bond donors (Lipinski definition) is 1. The van der Waals surface area contributed by atoms with Crippen LogP contribution in [0.1, 0.15) is 44.4 Å². The third-order valence-electron chi connectivity index (χ3n) is 3.88. The normalized spacial score (nSPS) is 25.1. The topological polar surface area (TPSA) is 55.8 Å². The van der Waals surface area contributed by atoms with Gasteiger partial charge in [-0.25, -0.2) is 0 Å². The monoisotopic (exact) mass is 311 g/mol. The molecule has 1 aromatic carbocycles. The van der Waals surface area contributed by atoms with Gasteiger partial charge in [0.15, 0.2) is 0 Å². The van der Waals surface area contributed by atoms with Crippen LogP contribution in [-0.4, -0.2) is 38.5 Å².